The minimum atomic E-state index is -1.80. The molecule has 0 aromatic heterocycles. The van der Waals surface area contributed by atoms with Crippen molar-refractivity contribution >= 4 is 26.5 Å². The summed E-state index contributed by atoms with van der Waals surface area (Å²) in [4.78, 5) is 0. The highest BCUT2D eigenvalue weighted by atomic mass is 28.3. The molecule has 0 saturated carbocycles. The Bertz CT molecular complexity index is 678. The summed E-state index contributed by atoms with van der Waals surface area (Å²) < 4.78 is 6.01. The first kappa shape index (κ1) is 18.3. The summed E-state index contributed by atoms with van der Waals surface area (Å²) in [7, 11) is -1.41. The summed E-state index contributed by atoms with van der Waals surface area (Å²) in [6, 6.07) is 4.74. The highest BCUT2D eigenvalue weighted by Crippen LogP contribution is 2.49. The van der Waals surface area contributed by atoms with Crippen LogP contribution in [0.3, 0.4) is 0 Å². The molecule has 1 aromatic rings. The van der Waals surface area contributed by atoms with Gasteiger partial charge in [0.2, 0.25) is 0 Å². The minimum absolute atomic E-state index is 0.158. The molecule has 0 saturated heterocycles. The van der Waals surface area contributed by atoms with Gasteiger partial charge in [-0.2, -0.15) is 0 Å². The number of hydrogen-bond acceptors (Lipinski definition) is 1. The molecule has 126 valence electrons. The molecule has 1 unspecified atom stereocenters. The third kappa shape index (κ3) is 2.89. The van der Waals surface area contributed by atoms with Crippen molar-refractivity contribution in [1.29, 1.82) is 0 Å². The lowest BCUT2D eigenvalue weighted by Crippen LogP contribution is -2.54. The molecule has 0 fully saturated rings. The molecule has 0 spiro atoms. The van der Waals surface area contributed by atoms with E-state index in [-0.39, 0.29) is 5.04 Å². The molecule has 3 heteroatoms. The summed E-state index contributed by atoms with van der Waals surface area (Å²) in [6.45, 7) is 19.1. The van der Waals surface area contributed by atoms with E-state index in [1.54, 1.807) is 0 Å². The SMILES string of the molecule is COc1c([Si](C)(C)C)cc(C)cc1[Si](C)(C)C1(C)C=CC=C1C. The molecule has 1 nitrogen and oxygen atoms in total. The number of ether oxygens (including phenoxy) is 1. The van der Waals surface area contributed by atoms with E-state index in [0.29, 0.717) is 0 Å². The van der Waals surface area contributed by atoms with Gasteiger partial charge in [-0.15, -0.1) is 0 Å². The van der Waals surface area contributed by atoms with Crippen molar-refractivity contribution in [2.45, 2.75) is 58.5 Å². The summed E-state index contributed by atoms with van der Waals surface area (Å²) in [5.41, 5.74) is 2.85. The lowest BCUT2D eigenvalue weighted by molar-refractivity contribution is 0.420. The fraction of sp³-hybridized carbons (Fsp3) is 0.500. The smallest absolute Gasteiger partial charge is 0.117 e. The summed E-state index contributed by atoms with van der Waals surface area (Å²) in [5.74, 6) is 1.17. The number of rotatable bonds is 4. The first-order valence-electron chi connectivity index (χ1n) is 8.51. The van der Waals surface area contributed by atoms with Crippen LogP contribution in [-0.2, 0) is 0 Å². The summed E-state index contributed by atoms with van der Waals surface area (Å²) >= 11 is 0. The van der Waals surface area contributed by atoms with Gasteiger partial charge in [-0.3, -0.25) is 0 Å². The minimum Gasteiger partial charge on any atom is -0.497 e. The Kier molecular flexibility index (Phi) is 4.59. The van der Waals surface area contributed by atoms with Gasteiger partial charge in [-0.05, 0) is 24.2 Å². The molecule has 0 bridgehead atoms. The van der Waals surface area contributed by atoms with Gasteiger partial charge in [0.1, 0.15) is 5.75 Å². The van der Waals surface area contributed by atoms with Gasteiger partial charge in [-0.25, -0.2) is 0 Å². The van der Waals surface area contributed by atoms with Gasteiger partial charge in [0, 0.05) is 5.04 Å². The Morgan fingerprint density at radius 2 is 1.52 bits per heavy atom. The van der Waals surface area contributed by atoms with Crippen LogP contribution >= 0.6 is 0 Å². The lowest BCUT2D eigenvalue weighted by atomic mass is 10.1. The molecule has 1 aromatic carbocycles. The molecule has 23 heavy (non-hydrogen) atoms. The van der Waals surface area contributed by atoms with Crippen LogP contribution in [0, 0.1) is 6.92 Å². The molecule has 1 aliphatic rings. The standard InChI is InChI=1S/C20H32OSi2/c1-15-13-17(22(5,6)7)19(21-4)18(14-15)23(8,9)20(3)12-10-11-16(20)2/h10-14H,1-9H3. The molecule has 0 amide bonds. The second-order valence-corrected chi connectivity index (χ2v) is 18.5. The number of benzene rings is 1. The predicted molar refractivity (Wildman–Crippen MR) is 109 cm³/mol. The van der Waals surface area contributed by atoms with Gasteiger partial charge in [0.25, 0.3) is 0 Å². The van der Waals surface area contributed by atoms with Crippen LogP contribution in [0.1, 0.15) is 19.4 Å². The van der Waals surface area contributed by atoms with E-state index in [0.717, 1.165) is 0 Å². The molecule has 1 atom stereocenters. The topological polar surface area (TPSA) is 9.23 Å². The molecule has 0 radical (unpaired) electrons. The Balaban J connectivity index is 2.75. The normalized spacial score (nSPS) is 21.5. The van der Waals surface area contributed by atoms with E-state index >= 15 is 0 Å². The number of methoxy groups -OCH3 is 1. The van der Waals surface area contributed by atoms with E-state index in [4.69, 9.17) is 4.74 Å². The van der Waals surface area contributed by atoms with Crippen molar-refractivity contribution < 1.29 is 4.74 Å². The van der Waals surface area contributed by atoms with Gasteiger partial charge in [0.05, 0.1) is 23.3 Å². The molecule has 1 aliphatic carbocycles. The number of allylic oxidation sites excluding steroid dienone is 4. The van der Waals surface area contributed by atoms with Crippen LogP contribution < -0.4 is 15.1 Å². The van der Waals surface area contributed by atoms with Crippen molar-refractivity contribution in [3.05, 3.63) is 41.5 Å². The Morgan fingerprint density at radius 1 is 0.957 bits per heavy atom. The maximum Gasteiger partial charge on any atom is 0.117 e. The van der Waals surface area contributed by atoms with Crippen LogP contribution in [0.5, 0.6) is 5.75 Å². The van der Waals surface area contributed by atoms with E-state index in [1.165, 1.54) is 27.3 Å². The molecule has 0 heterocycles. The molecule has 0 aliphatic heterocycles. The van der Waals surface area contributed by atoms with Crippen LogP contribution in [0.2, 0.25) is 37.8 Å². The average Bonchev–Trinajstić information content (AvgIpc) is 2.78. The maximum absolute atomic E-state index is 6.01. The van der Waals surface area contributed by atoms with Gasteiger partial charge >= 0.3 is 0 Å². The summed E-state index contributed by atoms with van der Waals surface area (Å²) in [5, 5.41) is 3.09. The highest BCUT2D eigenvalue weighted by Gasteiger charge is 2.47. The van der Waals surface area contributed by atoms with Crippen molar-refractivity contribution in [2.75, 3.05) is 7.11 Å². The monoisotopic (exact) mass is 344 g/mol. The summed E-state index contributed by atoms with van der Waals surface area (Å²) in [6.07, 6.45) is 6.91. The quantitative estimate of drug-likeness (QED) is 0.717. The highest BCUT2D eigenvalue weighted by molar-refractivity contribution is 6.95. The van der Waals surface area contributed by atoms with Crippen molar-refractivity contribution in [2.24, 2.45) is 0 Å². The molecule has 0 N–H and O–H groups in total. The molecular formula is C20H32OSi2. The van der Waals surface area contributed by atoms with Crippen LogP contribution in [0.25, 0.3) is 0 Å². The van der Waals surface area contributed by atoms with Crippen molar-refractivity contribution in [1.82, 2.24) is 0 Å². The second-order valence-electron chi connectivity index (χ2n) is 8.68. The van der Waals surface area contributed by atoms with E-state index in [1.807, 2.05) is 7.11 Å². The largest absolute Gasteiger partial charge is 0.497 e. The number of aryl methyl sites for hydroxylation is 1. The Morgan fingerprint density at radius 3 is 1.96 bits per heavy atom. The third-order valence-electron chi connectivity index (χ3n) is 5.81. The van der Waals surface area contributed by atoms with Crippen LogP contribution in [0.15, 0.2) is 35.9 Å². The molecule has 2 rings (SSSR count). The first-order chi connectivity index (χ1) is 10.4. The zero-order valence-corrected chi connectivity index (χ0v) is 18.3. The van der Waals surface area contributed by atoms with Crippen molar-refractivity contribution in [3.63, 3.8) is 0 Å². The second kappa shape index (κ2) is 5.78. The lowest BCUT2D eigenvalue weighted by Gasteiger charge is -2.42. The van der Waals surface area contributed by atoms with Crippen LogP contribution in [-0.4, -0.2) is 23.3 Å². The predicted octanol–water partition coefficient (Wildman–Crippen LogP) is 4.74. The first-order valence-corrected chi connectivity index (χ1v) is 15.0. The third-order valence-corrected chi connectivity index (χ3v) is 12.7. The van der Waals surface area contributed by atoms with Gasteiger partial charge in [-0.1, -0.05) is 81.2 Å². The fourth-order valence-corrected chi connectivity index (χ4v) is 8.92. The van der Waals surface area contributed by atoms with E-state index in [9.17, 15) is 0 Å². The zero-order valence-electron chi connectivity index (χ0n) is 16.3. The Labute approximate surface area is 144 Å². The Hall–Kier alpha value is -1.07. The maximum atomic E-state index is 6.01. The van der Waals surface area contributed by atoms with Crippen LogP contribution in [0.4, 0.5) is 0 Å². The van der Waals surface area contributed by atoms with E-state index in [2.05, 4.69) is 83.9 Å². The van der Waals surface area contributed by atoms with E-state index < -0.39 is 16.1 Å². The molecular weight excluding hydrogens is 312 g/mol. The fourth-order valence-electron chi connectivity index (χ4n) is 3.68. The number of hydrogen-bond donors (Lipinski definition) is 0. The van der Waals surface area contributed by atoms with Gasteiger partial charge < -0.3 is 4.74 Å². The zero-order chi connectivity index (χ0) is 17.6. The van der Waals surface area contributed by atoms with Gasteiger partial charge in [0.15, 0.2) is 0 Å². The van der Waals surface area contributed by atoms with Crippen molar-refractivity contribution in [3.8, 4) is 5.75 Å². The average molecular weight is 345 g/mol.